The molecule has 2 aromatic rings. The van der Waals surface area contributed by atoms with Gasteiger partial charge in [-0.1, -0.05) is 30.3 Å². The van der Waals surface area contributed by atoms with E-state index < -0.39 is 0 Å². The molecule has 1 unspecified atom stereocenters. The van der Waals surface area contributed by atoms with E-state index >= 15 is 0 Å². The van der Waals surface area contributed by atoms with Crippen molar-refractivity contribution in [1.29, 1.82) is 0 Å². The second kappa shape index (κ2) is 6.99. The molecular weight excluding hydrogens is 280 g/mol. The van der Waals surface area contributed by atoms with E-state index in [2.05, 4.69) is 29.7 Å². The maximum atomic E-state index is 11.2. The Labute approximate surface area is 130 Å². The lowest BCUT2D eigenvalue weighted by Gasteiger charge is -2.17. The number of rotatable bonds is 4. The first-order valence-electron chi connectivity index (χ1n) is 6.79. The maximum absolute atomic E-state index is 11.2. The number of carbonyl (C=O) groups excluding carboxylic acids is 1. The zero-order valence-corrected chi connectivity index (χ0v) is 12.9. The zero-order chi connectivity index (χ0) is 15.2. The van der Waals surface area contributed by atoms with Gasteiger partial charge in [-0.05, 0) is 55.9 Å². The molecule has 0 bridgehead atoms. The molecule has 0 saturated carbocycles. The molecule has 0 aliphatic carbocycles. The summed E-state index contributed by atoms with van der Waals surface area (Å²) >= 11 is 5.31. The third-order valence-corrected chi connectivity index (χ3v) is 3.42. The third-order valence-electron chi connectivity index (χ3n) is 3.20. The molecule has 0 aliphatic heterocycles. The quantitative estimate of drug-likeness (QED) is 0.663. The molecule has 0 aromatic heterocycles. The zero-order valence-electron chi connectivity index (χ0n) is 12.1. The highest BCUT2D eigenvalue weighted by Crippen LogP contribution is 2.13. The predicted octanol–water partition coefficient (Wildman–Crippen LogP) is 3.94. The van der Waals surface area contributed by atoms with E-state index in [1.165, 1.54) is 5.56 Å². The van der Waals surface area contributed by atoms with Gasteiger partial charge in [0.1, 0.15) is 0 Å². The van der Waals surface area contributed by atoms with Crippen LogP contribution in [0.3, 0.4) is 0 Å². The Morgan fingerprint density at radius 1 is 1.05 bits per heavy atom. The highest BCUT2D eigenvalue weighted by molar-refractivity contribution is 7.80. The van der Waals surface area contributed by atoms with Crippen molar-refractivity contribution in [2.75, 3.05) is 5.32 Å². The fraction of sp³-hybridized carbons (Fsp3) is 0.176. The number of benzene rings is 2. The SMILES string of the molecule is CC(=O)c1ccc(NC(=S)NC(C)c2ccccc2)cc1. The molecule has 3 nitrogen and oxygen atoms in total. The van der Waals surface area contributed by atoms with Gasteiger partial charge >= 0.3 is 0 Å². The molecule has 0 aliphatic rings. The van der Waals surface area contributed by atoms with Crippen molar-refractivity contribution >= 4 is 28.8 Å². The van der Waals surface area contributed by atoms with Gasteiger partial charge in [0.05, 0.1) is 6.04 Å². The van der Waals surface area contributed by atoms with Crippen LogP contribution in [0, 0.1) is 0 Å². The summed E-state index contributed by atoms with van der Waals surface area (Å²) < 4.78 is 0. The van der Waals surface area contributed by atoms with E-state index in [9.17, 15) is 4.79 Å². The lowest BCUT2D eigenvalue weighted by Crippen LogP contribution is -2.30. The third kappa shape index (κ3) is 4.39. The molecule has 2 aromatic carbocycles. The summed E-state index contributed by atoms with van der Waals surface area (Å²) in [5.74, 6) is 0.0555. The fourth-order valence-corrected chi connectivity index (χ4v) is 2.27. The molecule has 0 heterocycles. The van der Waals surface area contributed by atoms with Crippen LogP contribution in [0.1, 0.15) is 35.8 Å². The summed E-state index contributed by atoms with van der Waals surface area (Å²) in [7, 11) is 0. The van der Waals surface area contributed by atoms with Crippen molar-refractivity contribution in [3.8, 4) is 0 Å². The van der Waals surface area contributed by atoms with E-state index in [4.69, 9.17) is 12.2 Å². The highest BCUT2D eigenvalue weighted by atomic mass is 32.1. The number of hydrogen-bond acceptors (Lipinski definition) is 2. The molecule has 0 amide bonds. The summed E-state index contributed by atoms with van der Waals surface area (Å²) in [4.78, 5) is 11.2. The van der Waals surface area contributed by atoms with Crippen molar-refractivity contribution in [3.05, 3.63) is 65.7 Å². The number of ketones is 1. The smallest absolute Gasteiger partial charge is 0.171 e. The summed E-state index contributed by atoms with van der Waals surface area (Å²) in [6.45, 7) is 3.61. The van der Waals surface area contributed by atoms with Crippen LogP contribution in [-0.4, -0.2) is 10.9 Å². The molecule has 21 heavy (non-hydrogen) atoms. The molecule has 0 radical (unpaired) electrons. The second-order valence-electron chi connectivity index (χ2n) is 4.86. The number of anilines is 1. The van der Waals surface area contributed by atoms with E-state index in [1.54, 1.807) is 19.1 Å². The Morgan fingerprint density at radius 3 is 2.24 bits per heavy atom. The van der Waals surface area contributed by atoms with Crippen LogP contribution in [0.2, 0.25) is 0 Å². The first-order valence-corrected chi connectivity index (χ1v) is 7.20. The summed E-state index contributed by atoms with van der Waals surface area (Å²) in [6.07, 6.45) is 0. The largest absolute Gasteiger partial charge is 0.356 e. The van der Waals surface area contributed by atoms with Gasteiger partial charge in [0.15, 0.2) is 10.9 Å². The van der Waals surface area contributed by atoms with Crippen molar-refractivity contribution in [2.45, 2.75) is 19.9 Å². The Morgan fingerprint density at radius 2 is 1.67 bits per heavy atom. The van der Waals surface area contributed by atoms with Gasteiger partial charge < -0.3 is 10.6 Å². The van der Waals surface area contributed by atoms with Crippen molar-refractivity contribution in [2.24, 2.45) is 0 Å². The van der Waals surface area contributed by atoms with Gasteiger partial charge in [0.2, 0.25) is 0 Å². The van der Waals surface area contributed by atoms with Crippen LogP contribution in [-0.2, 0) is 0 Å². The molecular formula is C17H18N2OS. The molecule has 0 saturated heterocycles. The Balaban J connectivity index is 1.94. The lowest BCUT2D eigenvalue weighted by atomic mass is 10.1. The van der Waals surface area contributed by atoms with Crippen LogP contribution in [0.25, 0.3) is 0 Å². The molecule has 4 heteroatoms. The van der Waals surface area contributed by atoms with Crippen LogP contribution in [0.15, 0.2) is 54.6 Å². The molecule has 0 fully saturated rings. The first-order chi connectivity index (χ1) is 10.1. The lowest BCUT2D eigenvalue weighted by molar-refractivity contribution is 0.101. The minimum atomic E-state index is 0.0555. The summed E-state index contributed by atoms with van der Waals surface area (Å²) in [6, 6.07) is 17.5. The van der Waals surface area contributed by atoms with Gasteiger partial charge in [-0.3, -0.25) is 4.79 Å². The van der Waals surface area contributed by atoms with Gasteiger partial charge in [0.25, 0.3) is 0 Å². The topological polar surface area (TPSA) is 41.1 Å². The van der Waals surface area contributed by atoms with Crippen LogP contribution >= 0.6 is 12.2 Å². The minimum Gasteiger partial charge on any atom is -0.356 e. The number of thiocarbonyl (C=S) groups is 1. The van der Waals surface area contributed by atoms with Crippen LogP contribution in [0.4, 0.5) is 5.69 Å². The van der Waals surface area contributed by atoms with Crippen LogP contribution in [0.5, 0.6) is 0 Å². The van der Waals surface area contributed by atoms with Crippen molar-refractivity contribution < 1.29 is 4.79 Å². The van der Waals surface area contributed by atoms with Crippen molar-refractivity contribution in [3.63, 3.8) is 0 Å². The normalized spacial score (nSPS) is 11.5. The minimum absolute atomic E-state index is 0.0555. The number of hydrogen-bond donors (Lipinski definition) is 2. The van der Waals surface area contributed by atoms with Gasteiger partial charge in [0, 0.05) is 11.3 Å². The number of nitrogens with one attached hydrogen (secondary N) is 2. The fourth-order valence-electron chi connectivity index (χ4n) is 1.98. The summed E-state index contributed by atoms with van der Waals surface area (Å²) in [5, 5.41) is 6.91. The Bertz CT molecular complexity index is 623. The highest BCUT2D eigenvalue weighted by Gasteiger charge is 2.06. The molecule has 1 atom stereocenters. The van der Waals surface area contributed by atoms with E-state index in [0.29, 0.717) is 10.7 Å². The molecule has 108 valence electrons. The Hall–Kier alpha value is -2.20. The molecule has 2 rings (SSSR count). The van der Waals surface area contributed by atoms with Gasteiger partial charge in [-0.15, -0.1) is 0 Å². The van der Waals surface area contributed by atoms with Gasteiger partial charge in [-0.2, -0.15) is 0 Å². The Kier molecular flexibility index (Phi) is 5.06. The first kappa shape index (κ1) is 15.2. The average Bonchev–Trinajstić information content (AvgIpc) is 2.48. The van der Waals surface area contributed by atoms with E-state index in [1.807, 2.05) is 30.3 Å². The van der Waals surface area contributed by atoms with Gasteiger partial charge in [-0.25, -0.2) is 0 Å². The molecule has 0 spiro atoms. The molecule has 2 N–H and O–H groups in total. The predicted molar refractivity (Wildman–Crippen MR) is 90.7 cm³/mol. The monoisotopic (exact) mass is 298 g/mol. The van der Waals surface area contributed by atoms with Crippen LogP contribution < -0.4 is 10.6 Å². The van der Waals surface area contributed by atoms with E-state index in [-0.39, 0.29) is 11.8 Å². The standard InChI is InChI=1S/C17H18N2OS/c1-12(14-6-4-3-5-7-14)18-17(21)19-16-10-8-15(9-11-16)13(2)20/h3-12H,1-2H3,(H2,18,19,21). The number of carbonyl (C=O) groups is 1. The van der Waals surface area contributed by atoms with Crippen molar-refractivity contribution in [1.82, 2.24) is 5.32 Å². The van der Waals surface area contributed by atoms with E-state index in [0.717, 1.165) is 5.69 Å². The second-order valence-corrected chi connectivity index (χ2v) is 5.27. The average molecular weight is 298 g/mol. The number of Topliss-reactive ketones (excluding diaryl/α,β-unsaturated/α-hetero) is 1. The maximum Gasteiger partial charge on any atom is 0.171 e. The summed E-state index contributed by atoms with van der Waals surface area (Å²) in [5.41, 5.74) is 2.73.